The van der Waals surface area contributed by atoms with Crippen LogP contribution < -0.4 is 0 Å². The smallest absolute Gasteiger partial charge is 0.255 e. The molecule has 1 atom stereocenters. The van der Waals surface area contributed by atoms with E-state index in [0.29, 0.717) is 0 Å². The number of fused-ring (bicyclic) bond motifs is 1. The minimum absolute atomic E-state index is 0.00851. The molecule has 0 fully saturated rings. The zero-order valence-electron chi connectivity index (χ0n) is 12.3. The normalized spacial score (nSPS) is 14.2. The Kier molecular flexibility index (Phi) is 4.63. The maximum atomic E-state index is 14.2. The molecule has 24 heavy (non-hydrogen) atoms. The van der Waals surface area contributed by atoms with Crippen molar-refractivity contribution >= 4 is 21.8 Å². The summed E-state index contributed by atoms with van der Waals surface area (Å²) in [6, 6.07) is 6.49. The lowest BCUT2D eigenvalue weighted by molar-refractivity contribution is 0.0700. The van der Waals surface area contributed by atoms with Crippen LogP contribution >= 0.6 is 15.9 Å². The van der Waals surface area contributed by atoms with Crippen molar-refractivity contribution in [2.45, 2.75) is 19.0 Å². The summed E-state index contributed by atoms with van der Waals surface area (Å²) in [5.74, 6) is 0.559. The van der Waals surface area contributed by atoms with Crippen molar-refractivity contribution in [2.75, 3.05) is 0 Å². The van der Waals surface area contributed by atoms with Gasteiger partial charge in [0.15, 0.2) is 0 Å². The summed E-state index contributed by atoms with van der Waals surface area (Å²) in [6.07, 6.45) is 0.0902. The summed E-state index contributed by atoms with van der Waals surface area (Å²) >= 11 is 2.95. The van der Waals surface area contributed by atoms with Crippen LogP contribution in [0, 0.1) is 28.2 Å². The number of carbonyl (C=O) groups excluding carboxylic acids is 1. The fraction of sp³-hybridized carbons (Fsp3) is 0.167. The first-order valence-corrected chi connectivity index (χ1v) is 7.94. The Morgan fingerprint density at radius 1 is 1.17 bits per heavy atom. The second-order valence-corrected chi connectivity index (χ2v) is 5.75. The second kappa shape index (κ2) is 6.70. The van der Waals surface area contributed by atoms with Crippen molar-refractivity contribution in [1.82, 2.24) is 4.90 Å². The molecule has 0 aliphatic carbocycles. The first-order valence-electron chi connectivity index (χ1n) is 7.14. The molecule has 2 aromatic rings. The minimum atomic E-state index is -0.815. The van der Waals surface area contributed by atoms with Gasteiger partial charge in [-0.3, -0.25) is 4.79 Å². The van der Waals surface area contributed by atoms with Crippen LogP contribution in [-0.2, 0) is 6.54 Å². The average molecular weight is 394 g/mol. The Balaban J connectivity index is 2.05. The summed E-state index contributed by atoms with van der Waals surface area (Å²) in [7, 11) is 0. The zero-order chi connectivity index (χ0) is 17.3. The van der Waals surface area contributed by atoms with E-state index < -0.39 is 29.4 Å². The highest BCUT2D eigenvalue weighted by atomic mass is 79.9. The van der Waals surface area contributed by atoms with Crippen molar-refractivity contribution in [3.8, 4) is 10.8 Å². The predicted octanol–water partition coefficient (Wildman–Crippen LogP) is 4.55. The van der Waals surface area contributed by atoms with Gasteiger partial charge >= 0.3 is 0 Å². The fourth-order valence-electron chi connectivity index (χ4n) is 2.86. The molecule has 0 spiro atoms. The third-order valence-electron chi connectivity index (χ3n) is 3.99. The van der Waals surface area contributed by atoms with E-state index in [2.05, 4.69) is 26.7 Å². The highest BCUT2D eigenvalue weighted by Crippen LogP contribution is 2.35. The molecule has 0 bridgehead atoms. The number of carbonyl (C=O) groups is 1. The lowest BCUT2D eigenvalue weighted by atomic mass is 10.0. The third kappa shape index (κ3) is 2.92. The van der Waals surface area contributed by atoms with Crippen molar-refractivity contribution < 1.29 is 18.0 Å². The Labute approximate surface area is 145 Å². The maximum absolute atomic E-state index is 14.2. The molecule has 2 aromatic carbocycles. The van der Waals surface area contributed by atoms with Crippen LogP contribution in [0.3, 0.4) is 0 Å². The first kappa shape index (κ1) is 16.6. The highest BCUT2D eigenvalue weighted by molar-refractivity contribution is 9.12. The van der Waals surface area contributed by atoms with Gasteiger partial charge in [0.2, 0.25) is 0 Å². The van der Waals surface area contributed by atoms with E-state index in [4.69, 9.17) is 0 Å². The van der Waals surface area contributed by atoms with E-state index >= 15 is 0 Å². The summed E-state index contributed by atoms with van der Waals surface area (Å²) in [4.78, 5) is 16.4. The molecule has 0 saturated carbocycles. The quantitative estimate of drug-likeness (QED) is 0.700. The number of amides is 1. The molecule has 1 aliphatic rings. The molecular formula is C18H11BrF3NO. The topological polar surface area (TPSA) is 20.3 Å². The summed E-state index contributed by atoms with van der Waals surface area (Å²) in [6.45, 7) is -0.00851. The van der Waals surface area contributed by atoms with Crippen molar-refractivity contribution in [3.63, 3.8) is 0 Å². The van der Waals surface area contributed by atoms with Gasteiger partial charge in [-0.05, 0) is 35.2 Å². The minimum Gasteiger partial charge on any atom is -0.326 e. The third-order valence-corrected chi connectivity index (χ3v) is 4.27. The molecule has 1 heterocycles. The lowest BCUT2D eigenvalue weighted by Crippen LogP contribution is -2.29. The number of hydrogen-bond donors (Lipinski definition) is 0. The van der Waals surface area contributed by atoms with Gasteiger partial charge in [-0.2, -0.15) is 0 Å². The number of hydrogen-bond acceptors (Lipinski definition) is 1. The Bertz CT molecular complexity index is 872. The van der Waals surface area contributed by atoms with E-state index in [1.165, 1.54) is 23.1 Å². The molecule has 3 rings (SSSR count). The van der Waals surface area contributed by atoms with Gasteiger partial charge in [0.05, 0.1) is 12.6 Å². The lowest BCUT2D eigenvalue weighted by Gasteiger charge is -2.27. The highest BCUT2D eigenvalue weighted by Gasteiger charge is 2.35. The van der Waals surface area contributed by atoms with E-state index in [1.807, 2.05) is 0 Å². The van der Waals surface area contributed by atoms with E-state index in [-0.39, 0.29) is 29.7 Å². The van der Waals surface area contributed by atoms with Crippen LogP contribution in [-0.4, -0.2) is 10.8 Å². The number of rotatable bonds is 3. The molecule has 0 aromatic heterocycles. The molecule has 122 valence electrons. The second-order valence-electron chi connectivity index (χ2n) is 5.36. The van der Waals surface area contributed by atoms with Crippen molar-refractivity contribution in [2.24, 2.45) is 0 Å². The summed E-state index contributed by atoms with van der Waals surface area (Å²) in [5.41, 5.74) is 0.520. The van der Waals surface area contributed by atoms with Crippen LogP contribution in [0.25, 0.3) is 0 Å². The molecule has 0 radical (unpaired) electrons. The monoisotopic (exact) mass is 393 g/mol. The zero-order valence-corrected chi connectivity index (χ0v) is 13.9. The largest absolute Gasteiger partial charge is 0.326 e. The van der Waals surface area contributed by atoms with E-state index in [9.17, 15) is 18.0 Å². The Hall–Kier alpha value is -2.26. The Morgan fingerprint density at radius 3 is 2.67 bits per heavy atom. The predicted molar refractivity (Wildman–Crippen MR) is 86.7 cm³/mol. The molecule has 0 N–H and O–H groups in total. The van der Waals surface area contributed by atoms with Crippen LogP contribution in [0.2, 0.25) is 0 Å². The van der Waals surface area contributed by atoms with Crippen LogP contribution in [0.5, 0.6) is 0 Å². The number of halogens is 4. The van der Waals surface area contributed by atoms with Gasteiger partial charge in [0.25, 0.3) is 5.91 Å². The fourth-order valence-corrected chi connectivity index (χ4v) is 3.02. The van der Waals surface area contributed by atoms with Gasteiger partial charge < -0.3 is 4.90 Å². The first-order chi connectivity index (χ1) is 11.5. The number of nitrogens with zero attached hydrogens (tertiary/aromatic N) is 1. The van der Waals surface area contributed by atoms with Gasteiger partial charge in [0, 0.05) is 39.0 Å². The van der Waals surface area contributed by atoms with Gasteiger partial charge in [-0.25, -0.2) is 13.2 Å². The van der Waals surface area contributed by atoms with Crippen LogP contribution in [0.15, 0.2) is 36.4 Å². The van der Waals surface area contributed by atoms with Crippen molar-refractivity contribution in [3.05, 3.63) is 70.5 Å². The van der Waals surface area contributed by atoms with Crippen LogP contribution in [0.1, 0.15) is 33.9 Å². The van der Waals surface area contributed by atoms with Crippen molar-refractivity contribution in [1.29, 1.82) is 0 Å². The maximum Gasteiger partial charge on any atom is 0.255 e. The van der Waals surface area contributed by atoms with E-state index in [1.54, 1.807) is 0 Å². The van der Waals surface area contributed by atoms with Crippen LogP contribution in [0.4, 0.5) is 13.2 Å². The molecule has 0 saturated heterocycles. The van der Waals surface area contributed by atoms with Gasteiger partial charge in [0.1, 0.15) is 17.5 Å². The molecule has 6 heteroatoms. The average Bonchev–Trinajstić information content (AvgIpc) is 2.90. The molecule has 1 amide bonds. The standard InChI is InChI=1S/C18H11BrF3NO/c19-8-2-5-17(13-9-11(20)6-7-16(13)22)23-10-14-12(18(23)24)3-1-4-15(14)21/h1,3-4,6-7,9,17H,5,10H2. The molecule has 2 nitrogen and oxygen atoms in total. The summed E-state index contributed by atoms with van der Waals surface area (Å²) < 4.78 is 41.7. The SMILES string of the molecule is O=C1c2cccc(F)c2CN1C(CC#CBr)c1cc(F)ccc1F. The Morgan fingerprint density at radius 2 is 1.96 bits per heavy atom. The molecule has 1 unspecified atom stereocenters. The number of benzene rings is 2. The van der Waals surface area contributed by atoms with E-state index in [0.717, 1.165) is 18.2 Å². The van der Waals surface area contributed by atoms with Gasteiger partial charge in [-0.1, -0.05) is 12.0 Å². The molecular weight excluding hydrogens is 383 g/mol. The van der Waals surface area contributed by atoms with Gasteiger partial charge in [-0.15, -0.1) is 0 Å². The molecule has 1 aliphatic heterocycles. The summed E-state index contributed by atoms with van der Waals surface area (Å²) in [5, 5.41) is 0.